The van der Waals surface area contributed by atoms with Crippen molar-refractivity contribution in [1.82, 2.24) is 15.1 Å². The summed E-state index contributed by atoms with van der Waals surface area (Å²) in [7, 11) is 0. The molecule has 2 saturated heterocycles. The summed E-state index contributed by atoms with van der Waals surface area (Å²) in [5, 5.41) is 29.0. The lowest BCUT2D eigenvalue weighted by molar-refractivity contribution is -0.163. The molecule has 3 heterocycles. The highest BCUT2D eigenvalue weighted by Gasteiger charge is 2.59. The molecule has 0 aliphatic carbocycles. The van der Waals surface area contributed by atoms with Gasteiger partial charge in [-0.1, -0.05) is 6.92 Å². The maximum absolute atomic E-state index is 12.3. The molecule has 0 aromatic carbocycles. The summed E-state index contributed by atoms with van der Waals surface area (Å²) >= 11 is 0. The first kappa shape index (κ1) is 19.3. The van der Waals surface area contributed by atoms with Crippen LogP contribution in [-0.4, -0.2) is 75.5 Å². The van der Waals surface area contributed by atoms with Crippen LogP contribution >= 0.6 is 0 Å². The number of fused-ring (bicyclic) bond motifs is 1. The lowest BCUT2D eigenvalue weighted by Gasteiger charge is -2.46. The van der Waals surface area contributed by atoms with E-state index in [1.165, 1.54) is 4.90 Å². The largest absolute Gasteiger partial charge is 0.477 e. The van der Waals surface area contributed by atoms with Gasteiger partial charge in [-0.3, -0.25) is 25.2 Å². The van der Waals surface area contributed by atoms with E-state index >= 15 is 0 Å². The highest BCUT2D eigenvalue weighted by atomic mass is 16.4. The molecule has 0 bridgehead atoms. The molecule has 10 nitrogen and oxygen atoms in total. The number of rotatable bonds is 5. The number of aliphatic carboxylic acids is 1. The van der Waals surface area contributed by atoms with Crippen molar-refractivity contribution < 1.29 is 24.6 Å². The number of likely N-dealkylation sites (tertiary alicyclic amines) is 1. The Bertz CT molecular complexity index is 733. The molecule has 5 atom stereocenters. The van der Waals surface area contributed by atoms with Gasteiger partial charge in [0, 0.05) is 19.0 Å². The Morgan fingerprint density at radius 2 is 2.11 bits per heavy atom. The molecule has 3 rings (SSSR count). The smallest absolute Gasteiger partial charge is 0.352 e. The predicted octanol–water partition coefficient (Wildman–Crippen LogP) is -1.49. The number of nitrogens with two attached hydrogens (primary N) is 1. The zero-order valence-electron chi connectivity index (χ0n) is 15.3. The lowest BCUT2D eigenvalue weighted by Crippen LogP contribution is -2.63. The molecule has 0 radical (unpaired) electrons. The van der Waals surface area contributed by atoms with E-state index in [0.717, 1.165) is 0 Å². The van der Waals surface area contributed by atoms with Crippen molar-refractivity contribution in [1.29, 1.82) is 5.41 Å². The number of β-lactam (4-membered cyclic amide) rings is 1. The number of hydrogen-bond donors (Lipinski definition) is 5. The molecular formula is C17H25N5O5. The number of carbonyl (C=O) groups excluding carboxylic acids is 2. The lowest BCUT2D eigenvalue weighted by atomic mass is 9.77. The van der Waals surface area contributed by atoms with Crippen LogP contribution in [0.1, 0.15) is 20.3 Å². The first-order chi connectivity index (χ1) is 12.6. The van der Waals surface area contributed by atoms with Gasteiger partial charge in [0.05, 0.1) is 24.0 Å². The van der Waals surface area contributed by atoms with E-state index in [9.17, 15) is 24.6 Å². The van der Waals surface area contributed by atoms with Crippen LogP contribution in [0.2, 0.25) is 0 Å². The van der Waals surface area contributed by atoms with E-state index in [4.69, 9.17) is 11.1 Å². The second-order valence-corrected chi connectivity index (χ2v) is 7.56. The molecule has 3 aliphatic heterocycles. The van der Waals surface area contributed by atoms with Gasteiger partial charge in [0.15, 0.2) is 5.96 Å². The summed E-state index contributed by atoms with van der Waals surface area (Å²) in [6, 6.07) is -0.335. The topological polar surface area (TPSA) is 160 Å². The van der Waals surface area contributed by atoms with E-state index < -0.39 is 24.0 Å². The molecule has 0 saturated carbocycles. The molecule has 0 aromatic rings. The van der Waals surface area contributed by atoms with Crippen molar-refractivity contribution in [2.45, 2.75) is 32.4 Å². The van der Waals surface area contributed by atoms with Crippen molar-refractivity contribution in [3.8, 4) is 0 Å². The zero-order valence-corrected chi connectivity index (χ0v) is 15.3. The predicted molar refractivity (Wildman–Crippen MR) is 94.2 cm³/mol. The zero-order chi connectivity index (χ0) is 20.0. The number of aliphatic hydroxyl groups is 1. The maximum atomic E-state index is 12.3. The van der Waals surface area contributed by atoms with E-state index in [0.29, 0.717) is 31.6 Å². The van der Waals surface area contributed by atoms with Crippen LogP contribution in [0.25, 0.3) is 0 Å². The van der Waals surface area contributed by atoms with E-state index in [2.05, 4.69) is 5.32 Å². The molecule has 0 aromatic heterocycles. The number of guanidine groups is 1. The molecule has 3 aliphatic rings. The fourth-order valence-corrected chi connectivity index (χ4v) is 4.52. The van der Waals surface area contributed by atoms with Crippen LogP contribution in [0.15, 0.2) is 11.3 Å². The molecular weight excluding hydrogens is 354 g/mol. The van der Waals surface area contributed by atoms with E-state index in [-0.39, 0.29) is 35.4 Å². The quantitative estimate of drug-likeness (QED) is 0.221. The molecule has 6 N–H and O–H groups in total. The summed E-state index contributed by atoms with van der Waals surface area (Å²) in [5.41, 5.74) is 5.85. The number of carboxylic acid groups (broad SMARTS) is 1. The van der Waals surface area contributed by atoms with Crippen molar-refractivity contribution in [3.63, 3.8) is 0 Å². The minimum atomic E-state index is -1.15. The molecule has 27 heavy (non-hydrogen) atoms. The number of aliphatic hydroxyl groups excluding tert-OH is 1. The van der Waals surface area contributed by atoms with Gasteiger partial charge in [-0.05, 0) is 25.5 Å². The van der Waals surface area contributed by atoms with Gasteiger partial charge in [0.1, 0.15) is 5.70 Å². The van der Waals surface area contributed by atoms with Crippen LogP contribution in [0.4, 0.5) is 0 Å². The standard InChI is InChI=1S/C17H25N5O5/c1-7-10(6-21-4-3-9(5-21)14(24)20-17(18)19)13(16(26)27)22-12(7)11(8(2)23)15(22)25/h7-9,11-12,23H,3-6H2,1-2H3,(H,26,27)(H4,18,19,20,24)/t7-,8+,9-,11?,12?/m0/s1. The number of carbonyl (C=O) groups is 3. The Morgan fingerprint density at radius 1 is 1.44 bits per heavy atom. The third-order valence-corrected chi connectivity index (χ3v) is 5.81. The van der Waals surface area contributed by atoms with Gasteiger partial charge in [0.2, 0.25) is 11.8 Å². The summed E-state index contributed by atoms with van der Waals surface area (Å²) < 4.78 is 0. The Kier molecular flexibility index (Phi) is 4.96. The van der Waals surface area contributed by atoms with Gasteiger partial charge >= 0.3 is 5.97 Å². The number of amides is 2. The van der Waals surface area contributed by atoms with E-state index in [1.54, 1.807) is 6.92 Å². The van der Waals surface area contributed by atoms with Crippen LogP contribution in [0.5, 0.6) is 0 Å². The van der Waals surface area contributed by atoms with Crippen molar-refractivity contribution >= 4 is 23.7 Å². The molecule has 148 valence electrons. The number of nitrogens with one attached hydrogen (secondary N) is 2. The highest BCUT2D eigenvalue weighted by molar-refractivity contribution is 6.00. The molecule has 10 heteroatoms. The normalized spacial score (nSPS) is 31.5. The monoisotopic (exact) mass is 379 g/mol. The van der Waals surface area contributed by atoms with Crippen LogP contribution in [0.3, 0.4) is 0 Å². The second-order valence-electron chi connectivity index (χ2n) is 7.56. The molecule has 2 fully saturated rings. The fraction of sp³-hybridized carbons (Fsp3) is 0.647. The minimum Gasteiger partial charge on any atom is -0.477 e. The first-order valence-corrected chi connectivity index (χ1v) is 8.98. The summed E-state index contributed by atoms with van der Waals surface area (Å²) in [5.74, 6) is -3.30. The summed E-state index contributed by atoms with van der Waals surface area (Å²) in [6.07, 6.45) is -0.243. The minimum absolute atomic E-state index is 0.00559. The van der Waals surface area contributed by atoms with Crippen molar-refractivity contribution in [2.75, 3.05) is 19.6 Å². The fourth-order valence-electron chi connectivity index (χ4n) is 4.52. The third-order valence-electron chi connectivity index (χ3n) is 5.81. The highest BCUT2D eigenvalue weighted by Crippen LogP contribution is 2.47. The van der Waals surface area contributed by atoms with Crippen molar-refractivity contribution in [3.05, 3.63) is 11.3 Å². The SMILES string of the molecule is C[C@@H](O)C1C(=O)N2C(C(=O)O)=C(CN3CC[C@H](C(=O)NC(=N)N)C3)[C@H](C)C12. The van der Waals surface area contributed by atoms with Gasteiger partial charge in [-0.2, -0.15) is 0 Å². The summed E-state index contributed by atoms with van der Waals surface area (Å²) in [4.78, 5) is 39.4. The average Bonchev–Trinajstić information content (AvgIpc) is 3.10. The number of nitrogens with zero attached hydrogens (tertiary/aromatic N) is 2. The Balaban J connectivity index is 1.75. The molecule has 0 spiro atoms. The maximum Gasteiger partial charge on any atom is 0.352 e. The number of hydrogen-bond acceptors (Lipinski definition) is 6. The van der Waals surface area contributed by atoms with Gasteiger partial charge in [0.25, 0.3) is 0 Å². The average molecular weight is 379 g/mol. The second kappa shape index (κ2) is 6.93. The Labute approximate surface area is 156 Å². The Hall–Kier alpha value is -2.46. The van der Waals surface area contributed by atoms with Crippen LogP contribution in [0, 0.1) is 23.2 Å². The first-order valence-electron chi connectivity index (χ1n) is 8.98. The third kappa shape index (κ3) is 3.19. The van der Waals surface area contributed by atoms with Gasteiger partial charge in [-0.25, -0.2) is 4.79 Å². The summed E-state index contributed by atoms with van der Waals surface area (Å²) in [6.45, 7) is 4.81. The number of carboxylic acids is 1. The van der Waals surface area contributed by atoms with Gasteiger partial charge < -0.3 is 20.8 Å². The van der Waals surface area contributed by atoms with Crippen LogP contribution in [-0.2, 0) is 14.4 Å². The Morgan fingerprint density at radius 3 is 2.67 bits per heavy atom. The molecule has 2 amide bonds. The van der Waals surface area contributed by atoms with E-state index in [1.807, 2.05) is 11.8 Å². The van der Waals surface area contributed by atoms with Gasteiger partial charge in [-0.15, -0.1) is 0 Å². The molecule has 2 unspecified atom stereocenters. The van der Waals surface area contributed by atoms with Crippen LogP contribution < -0.4 is 11.1 Å². The van der Waals surface area contributed by atoms with Crippen molar-refractivity contribution in [2.24, 2.45) is 23.5 Å².